The number of aryl methyl sites for hydroxylation is 1. The molecular weight excluding hydrogens is 340 g/mol. The van der Waals surface area contributed by atoms with Crippen LogP contribution in [0.1, 0.15) is 38.1 Å². The van der Waals surface area contributed by atoms with Gasteiger partial charge in [0.15, 0.2) is 5.82 Å². The summed E-state index contributed by atoms with van der Waals surface area (Å²) in [5.74, 6) is 2.46. The SMILES string of the molecule is CCn1c(=O)c2ccccc2n2c(COc3ccc(C(C)C)cc3)nnc12. The van der Waals surface area contributed by atoms with E-state index >= 15 is 0 Å². The Morgan fingerprint density at radius 2 is 1.78 bits per heavy atom. The van der Waals surface area contributed by atoms with Crippen LogP contribution in [0.5, 0.6) is 5.75 Å². The third-order valence-corrected chi connectivity index (χ3v) is 4.81. The molecule has 0 aliphatic rings. The molecule has 4 rings (SSSR count). The maximum atomic E-state index is 12.7. The summed E-state index contributed by atoms with van der Waals surface area (Å²) in [7, 11) is 0. The van der Waals surface area contributed by atoms with Crippen LogP contribution in [-0.4, -0.2) is 19.2 Å². The quantitative estimate of drug-likeness (QED) is 0.542. The van der Waals surface area contributed by atoms with Crippen molar-refractivity contribution in [2.24, 2.45) is 0 Å². The van der Waals surface area contributed by atoms with Crippen LogP contribution >= 0.6 is 0 Å². The van der Waals surface area contributed by atoms with E-state index in [1.165, 1.54) is 5.56 Å². The van der Waals surface area contributed by atoms with Crippen LogP contribution in [0.3, 0.4) is 0 Å². The summed E-state index contributed by atoms with van der Waals surface area (Å²) < 4.78 is 9.48. The fourth-order valence-electron chi connectivity index (χ4n) is 3.29. The minimum atomic E-state index is -0.0512. The zero-order valence-electron chi connectivity index (χ0n) is 15.7. The first-order valence-corrected chi connectivity index (χ1v) is 9.18. The summed E-state index contributed by atoms with van der Waals surface area (Å²) >= 11 is 0. The van der Waals surface area contributed by atoms with Crippen molar-refractivity contribution in [1.82, 2.24) is 19.2 Å². The van der Waals surface area contributed by atoms with E-state index in [1.807, 2.05) is 47.7 Å². The Balaban J connectivity index is 1.74. The highest BCUT2D eigenvalue weighted by molar-refractivity contribution is 5.80. The van der Waals surface area contributed by atoms with Crippen LogP contribution in [0.2, 0.25) is 0 Å². The highest BCUT2D eigenvalue weighted by Gasteiger charge is 2.15. The average molecular weight is 362 g/mol. The first-order valence-electron chi connectivity index (χ1n) is 9.18. The average Bonchev–Trinajstić information content (AvgIpc) is 3.11. The fraction of sp³-hybridized carbons (Fsp3) is 0.286. The molecule has 0 amide bonds. The summed E-state index contributed by atoms with van der Waals surface area (Å²) in [5, 5.41) is 9.18. The van der Waals surface area contributed by atoms with Crippen LogP contribution in [0, 0.1) is 0 Å². The molecule has 6 nitrogen and oxygen atoms in total. The van der Waals surface area contributed by atoms with E-state index in [2.05, 4.69) is 36.2 Å². The van der Waals surface area contributed by atoms with Crippen LogP contribution < -0.4 is 10.3 Å². The van der Waals surface area contributed by atoms with Crippen molar-refractivity contribution in [3.05, 3.63) is 70.3 Å². The Labute approximate surface area is 157 Å². The molecule has 0 aliphatic heterocycles. The van der Waals surface area contributed by atoms with Gasteiger partial charge in [-0.3, -0.25) is 13.8 Å². The van der Waals surface area contributed by atoms with E-state index in [1.54, 1.807) is 4.57 Å². The number of hydrogen-bond donors (Lipinski definition) is 0. The van der Waals surface area contributed by atoms with Crippen LogP contribution in [0.4, 0.5) is 0 Å². The molecular formula is C21H22N4O2. The molecule has 0 bridgehead atoms. The molecule has 6 heteroatoms. The molecule has 0 radical (unpaired) electrons. The van der Waals surface area contributed by atoms with Gasteiger partial charge >= 0.3 is 0 Å². The molecule has 0 saturated heterocycles. The highest BCUT2D eigenvalue weighted by Crippen LogP contribution is 2.20. The molecule has 4 aromatic rings. The van der Waals surface area contributed by atoms with E-state index in [-0.39, 0.29) is 12.2 Å². The first kappa shape index (κ1) is 17.3. The van der Waals surface area contributed by atoms with Crippen LogP contribution in [-0.2, 0) is 13.2 Å². The van der Waals surface area contributed by atoms with Crippen molar-refractivity contribution in [1.29, 1.82) is 0 Å². The van der Waals surface area contributed by atoms with Gasteiger partial charge in [0, 0.05) is 6.54 Å². The summed E-state index contributed by atoms with van der Waals surface area (Å²) in [4.78, 5) is 12.7. The molecule has 27 heavy (non-hydrogen) atoms. The third-order valence-electron chi connectivity index (χ3n) is 4.81. The topological polar surface area (TPSA) is 61.4 Å². The number of aromatic nitrogens is 4. The Bertz CT molecular complexity index is 1160. The lowest BCUT2D eigenvalue weighted by Gasteiger charge is -2.11. The number of ether oxygens (including phenoxy) is 1. The number of para-hydroxylation sites is 1. The van der Waals surface area contributed by atoms with Gasteiger partial charge in [0.25, 0.3) is 5.56 Å². The summed E-state index contributed by atoms with van der Waals surface area (Å²) in [6.07, 6.45) is 0. The maximum Gasteiger partial charge on any atom is 0.262 e. The minimum absolute atomic E-state index is 0.0512. The largest absolute Gasteiger partial charge is 0.486 e. The summed E-state index contributed by atoms with van der Waals surface area (Å²) in [6, 6.07) is 15.6. The zero-order chi connectivity index (χ0) is 19.0. The first-order chi connectivity index (χ1) is 13.1. The van der Waals surface area contributed by atoms with Crippen LogP contribution in [0.25, 0.3) is 16.7 Å². The highest BCUT2D eigenvalue weighted by atomic mass is 16.5. The lowest BCUT2D eigenvalue weighted by atomic mass is 10.0. The van der Waals surface area contributed by atoms with E-state index in [4.69, 9.17) is 4.74 Å². The molecule has 0 spiro atoms. The number of benzene rings is 2. The predicted octanol–water partition coefficient (Wildman–Crippen LogP) is 3.77. The predicted molar refractivity (Wildman–Crippen MR) is 105 cm³/mol. The zero-order valence-corrected chi connectivity index (χ0v) is 15.7. The van der Waals surface area contributed by atoms with Gasteiger partial charge in [-0.05, 0) is 42.7 Å². The van der Waals surface area contributed by atoms with E-state index in [9.17, 15) is 4.79 Å². The smallest absolute Gasteiger partial charge is 0.262 e. The lowest BCUT2D eigenvalue weighted by molar-refractivity contribution is 0.295. The molecule has 2 aromatic carbocycles. The van der Waals surface area contributed by atoms with Gasteiger partial charge in [0.1, 0.15) is 12.4 Å². The fourth-order valence-corrected chi connectivity index (χ4v) is 3.29. The summed E-state index contributed by atoms with van der Waals surface area (Å²) in [6.45, 7) is 7.06. The molecule has 138 valence electrons. The van der Waals surface area contributed by atoms with E-state index < -0.39 is 0 Å². The monoisotopic (exact) mass is 362 g/mol. The van der Waals surface area contributed by atoms with Crippen molar-refractivity contribution in [2.75, 3.05) is 0 Å². The van der Waals surface area contributed by atoms with Gasteiger partial charge < -0.3 is 4.74 Å². The van der Waals surface area contributed by atoms with Gasteiger partial charge in [0.2, 0.25) is 5.78 Å². The molecule has 2 aromatic heterocycles. The van der Waals surface area contributed by atoms with Crippen LogP contribution in [0.15, 0.2) is 53.3 Å². The van der Waals surface area contributed by atoms with Gasteiger partial charge in [-0.15, -0.1) is 10.2 Å². The Hall–Kier alpha value is -3.15. The summed E-state index contributed by atoms with van der Waals surface area (Å²) in [5.41, 5.74) is 2.01. The standard InChI is InChI=1S/C21H22N4O2/c1-4-24-20(26)17-7-5-6-8-18(17)25-19(22-23-21(24)25)13-27-16-11-9-15(10-12-16)14(2)3/h5-12,14H,4,13H2,1-3H3. The van der Waals surface area contributed by atoms with Gasteiger partial charge in [0.05, 0.1) is 10.9 Å². The maximum absolute atomic E-state index is 12.7. The second kappa shape index (κ2) is 6.87. The minimum Gasteiger partial charge on any atom is -0.486 e. The lowest BCUT2D eigenvalue weighted by Crippen LogP contribution is -2.22. The molecule has 0 N–H and O–H groups in total. The van der Waals surface area contributed by atoms with Crippen molar-refractivity contribution in [3.8, 4) is 5.75 Å². The Morgan fingerprint density at radius 1 is 1.04 bits per heavy atom. The molecule has 0 atom stereocenters. The van der Waals surface area contributed by atoms with Crippen molar-refractivity contribution in [2.45, 2.75) is 39.8 Å². The van der Waals surface area contributed by atoms with Gasteiger partial charge in [-0.2, -0.15) is 0 Å². The molecule has 0 unspecified atom stereocenters. The molecule has 0 fully saturated rings. The normalized spacial score (nSPS) is 11.6. The number of rotatable bonds is 5. The molecule has 2 heterocycles. The number of nitrogens with zero attached hydrogens (tertiary/aromatic N) is 4. The van der Waals surface area contributed by atoms with Gasteiger partial charge in [-0.1, -0.05) is 38.1 Å². The Morgan fingerprint density at radius 3 is 2.48 bits per heavy atom. The second-order valence-corrected chi connectivity index (χ2v) is 6.83. The van der Waals surface area contributed by atoms with Crippen molar-refractivity contribution in [3.63, 3.8) is 0 Å². The van der Waals surface area contributed by atoms with Crippen molar-refractivity contribution >= 4 is 16.7 Å². The van der Waals surface area contributed by atoms with Gasteiger partial charge in [-0.25, -0.2) is 0 Å². The Kier molecular flexibility index (Phi) is 4.39. The third kappa shape index (κ3) is 2.97. The second-order valence-electron chi connectivity index (χ2n) is 6.83. The molecule has 0 saturated carbocycles. The number of fused-ring (bicyclic) bond motifs is 3. The molecule has 0 aliphatic carbocycles. The van der Waals surface area contributed by atoms with E-state index in [0.717, 1.165) is 11.3 Å². The van der Waals surface area contributed by atoms with Crippen molar-refractivity contribution < 1.29 is 4.74 Å². The number of hydrogen-bond acceptors (Lipinski definition) is 4. The van der Waals surface area contributed by atoms with E-state index in [0.29, 0.717) is 29.5 Å².